The Hall–Kier alpha value is -2.67. The second-order valence-corrected chi connectivity index (χ2v) is 7.21. The first-order chi connectivity index (χ1) is 12.6. The van der Waals surface area contributed by atoms with E-state index in [4.69, 9.17) is 10.7 Å². The third-order valence-electron chi connectivity index (χ3n) is 5.10. The number of hydrogen-bond acceptors (Lipinski definition) is 7. The Morgan fingerprint density at radius 3 is 2.62 bits per heavy atom. The fraction of sp³-hybridized carbons (Fsp3) is 0.421. The Labute approximate surface area is 154 Å². The molecule has 4 rings (SSSR count). The van der Waals surface area contributed by atoms with Gasteiger partial charge in [0.15, 0.2) is 0 Å². The molecule has 136 valence electrons. The summed E-state index contributed by atoms with van der Waals surface area (Å²) in [6.07, 6.45) is 9.97. The van der Waals surface area contributed by atoms with Crippen molar-refractivity contribution in [1.82, 2.24) is 24.8 Å². The number of fused-ring (bicyclic) bond motifs is 1. The van der Waals surface area contributed by atoms with Crippen molar-refractivity contribution in [3.63, 3.8) is 0 Å². The molecule has 0 aromatic carbocycles. The number of nitrogen functional groups attached to an aromatic ring is 1. The molecule has 2 aromatic heterocycles. The Balaban J connectivity index is 1.69. The van der Waals surface area contributed by atoms with Crippen LogP contribution in [0.4, 0.5) is 11.8 Å². The van der Waals surface area contributed by atoms with Crippen molar-refractivity contribution < 1.29 is 0 Å². The van der Waals surface area contributed by atoms with Gasteiger partial charge in [-0.3, -0.25) is 0 Å². The van der Waals surface area contributed by atoms with Crippen LogP contribution in [0.2, 0.25) is 0 Å². The number of nitrogens with one attached hydrogen (secondary N) is 1. The minimum Gasteiger partial charge on any atom is -0.376 e. The topological polar surface area (TPSA) is 83.2 Å². The lowest BCUT2D eigenvalue weighted by Gasteiger charge is -2.31. The quantitative estimate of drug-likeness (QED) is 0.875. The summed E-state index contributed by atoms with van der Waals surface area (Å²) in [7, 11) is 4.26. The zero-order valence-electron chi connectivity index (χ0n) is 15.3. The Morgan fingerprint density at radius 2 is 1.88 bits per heavy atom. The van der Waals surface area contributed by atoms with E-state index in [9.17, 15) is 0 Å². The smallest absolute Gasteiger partial charge is 0.219 e. The molecule has 7 heteroatoms. The lowest BCUT2D eigenvalue weighted by atomic mass is 10.0. The van der Waals surface area contributed by atoms with Crippen LogP contribution in [0.25, 0.3) is 17.3 Å². The second kappa shape index (κ2) is 6.92. The van der Waals surface area contributed by atoms with Crippen LogP contribution >= 0.6 is 0 Å². The maximum atomic E-state index is 5.62. The van der Waals surface area contributed by atoms with Gasteiger partial charge in [0.1, 0.15) is 5.82 Å². The van der Waals surface area contributed by atoms with Crippen LogP contribution in [0, 0.1) is 0 Å². The van der Waals surface area contributed by atoms with Crippen LogP contribution in [0.3, 0.4) is 0 Å². The Kier molecular flexibility index (Phi) is 4.46. The number of piperidine rings is 1. The van der Waals surface area contributed by atoms with Gasteiger partial charge in [-0.05, 0) is 56.9 Å². The number of likely N-dealkylation sites (tertiary alicyclic amines) is 1. The van der Waals surface area contributed by atoms with E-state index >= 15 is 0 Å². The van der Waals surface area contributed by atoms with E-state index in [0.29, 0.717) is 6.04 Å². The summed E-state index contributed by atoms with van der Waals surface area (Å²) in [6.45, 7) is 3.09. The van der Waals surface area contributed by atoms with Crippen molar-refractivity contribution in [2.24, 2.45) is 0 Å². The van der Waals surface area contributed by atoms with Gasteiger partial charge in [-0.1, -0.05) is 0 Å². The van der Waals surface area contributed by atoms with E-state index < -0.39 is 0 Å². The summed E-state index contributed by atoms with van der Waals surface area (Å²) in [5.41, 5.74) is 9.80. The molecule has 1 saturated heterocycles. The van der Waals surface area contributed by atoms with Crippen LogP contribution in [-0.4, -0.2) is 58.0 Å². The average Bonchev–Trinajstić information content (AvgIpc) is 2.64. The van der Waals surface area contributed by atoms with E-state index in [-0.39, 0.29) is 5.95 Å². The van der Waals surface area contributed by atoms with Crippen LogP contribution in [-0.2, 0) is 6.54 Å². The highest BCUT2D eigenvalue weighted by molar-refractivity contribution is 5.71. The lowest BCUT2D eigenvalue weighted by Crippen LogP contribution is -2.37. The zero-order valence-corrected chi connectivity index (χ0v) is 15.3. The molecule has 0 unspecified atom stereocenters. The van der Waals surface area contributed by atoms with Gasteiger partial charge >= 0.3 is 0 Å². The van der Waals surface area contributed by atoms with Crippen molar-refractivity contribution in [2.75, 3.05) is 38.2 Å². The molecule has 1 fully saturated rings. The SMILES string of the molecule is CN1C=Cc2cc(-c3cnc(N)nc3)nc(NC3CCN(C)CC3)c2C1. The molecular formula is C19H25N7. The first-order valence-electron chi connectivity index (χ1n) is 9.04. The summed E-state index contributed by atoms with van der Waals surface area (Å²) < 4.78 is 0. The normalized spacial score (nSPS) is 18.0. The first kappa shape index (κ1) is 16.8. The van der Waals surface area contributed by atoms with Gasteiger partial charge in [-0.2, -0.15) is 0 Å². The van der Waals surface area contributed by atoms with E-state index in [2.05, 4.69) is 57.5 Å². The minimum atomic E-state index is 0.276. The van der Waals surface area contributed by atoms with Gasteiger partial charge in [0.25, 0.3) is 0 Å². The molecule has 0 atom stereocenters. The van der Waals surface area contributed by atoms with Gasteiger partial charge in [-0.25, -0.2) is 15.0 Å². The number of nitrogens with zero attached hydrogens (tertiary/aromatic N) is 5. The van der Waals surface area contributed by atoms with Crippen molar-refractivity contribution in [1.29, 1.82) is 0 Å². The standard InChI is InChI=1S/C19H25N7/c1-25-7-4-15(5-8-25)23-18-16-12-26(2)6-3-13(16)9-17(24-18)14-10-21-19(20)22-11-14/h3,6,9-11,15H,4-5,7-8,12H2,1-2H3,(H,23,24)(H2,20,21,22). The maximum Gasteiger partial charge on any atom is 0.219 e. The molecule has 0 bridgehead atoms. The largest absolute Gasteiger partial charge is 0.376 e. The van der Waals surface area contributed by atoms with Gasteiger partial charge in [0.05, 0.1) is 5.69 Å². The molecular weight excluding hydrogens is 326 g/mol. The third-order valence-corrected chi connectivity index (χ3v) is 5.10. The zero-order chi connectivity index (χ0) is 18.1. The van der Waals surface area contributed by atoms with Crippen molar-refractivity contribution >= 4 is 17.8 Å². The van der Waals surface area contributed by atoms with Crippen molar-refractivity contribution in [3.05, 3.63) is 35.8 Å². The highest BCUT2D eigenvalue weighted by atomic mass is 15.1. The molecule has 2 aliphatic heterocycles. The van der Waals surface area contributed by atoms with Gasteiger partial charge in [0, 0.05) is 43.2 Å². The number of hydrogen-bond donors (Lipinski definition) is 2. The summed E-state index contributed by atoms with van der Waals surface area (Å²) in [5, 5.41) is 3.71. The summed E-state index contributed by atoms with van der Waals surface area (Å²) >= 11 is 0. The molecule has 7 nitrogen and oxygen atoms in total. The van der Waals surface area contributed by atoms with Crippen LogP contribution < -0.4 is 11.1 Å². The average molecular weight is 351 g/mol. The number of nitrogens with two attached hydrogens (primary N) is 1. The molecule has 3 N–H and O–H groups in total. The highest BCUT2D eigenvalue weighted by Crippen LogP contribution is 2.30. The molecule has 0 amide bonds. The molecule has 26 heavy (non-hydrogen) atoms. The monoisotopic (exact) mass is 351 g/mol. The van der Waals surface area contributed by atoms with Gasteiger partial charge in [0.2, 0.25) is 5.95 Å². The predicted octanol–water partition coefficient (Wildman–Crippen LogP) is 2.04. The minimum absolute atomic E-state index is 0.276. The van der Waals surface area contributed by atoms with Crippen molar-refractivity contribution in [2.45, 2.75) is 25.4 Å². The van der Waals surface area contributed by atoms with Crippen LogP contribution in [0.1, 0.15) is 24.0 Å². The third kappa shape index (κ3) is 3.48. The van der Waals surface area contributed by atoms with Gasteiger partial charge in [-0.15, -0.1) is 0 Å². The molecule has 2 aromatic rings. The fourth-order valence-corrected chi connectivity index (χ4v) is 3.50. The maximum absolute atomic E-state index is 5.62. The molecule has 0 radical (unpaired) electrons. The van der Waals surface area contributed by atoms with Crippen LogP contribution in [0.15, 0.2) is 24.7 Å². The number of pyridine rings is 1. The molecule has 0 saturated carbocycles. The number of aromatic nitrogens is 3. The lowest BCUT2D eigenvalue weighted by molar-refractivity contribution is 0.263. The molecule has 2 aliphatic rings. The predicted molar refractivity (Wildman–Crippen MR) is 104 cm³/mol. The number of rotatable bonds is 3. The fourth-order valence-electron chi connectivity index (χ4n) is 3.50. The summed E-state index contributed by atoms with van der Waals surface area (Å²) in [4.78, 5) is 17.7. The summed E-state index contributed by atoms with van der Waals surface area (Å²) in [5.74, 6) is 1.25. The Morgan fingerprint density at radius 1 is 1.15 bits per heavy atom. The molecule has 0 spiro atoms. The van der Waals surface area contributed by atoms with Crippen molar-refractivity contribution in [3.8, 4) is 11.3 Å². The van der Waals surface area contributed by atoms with E-state index in [1.807, 2.05) is 0 Å². The van der Waals surface area contributed by atoms with E-state index in [1.54, 1.807) is 12.4 Å². The molecule has 0 aliphatic carbocycles. The second-order valence-electron chi connectivity index (χ2n) is 7.21. The summed E-state index contributed by atoms with van der Waals surface area (Å²) in [6, 6.07) is 2.56. The number of anilines is 2. The molecule has 4 heterocycles. The van der Waals surface area contributed by atoms with E-state index in [1.165, 1.54) is 11.1 Å². The van der Waals surface area contributed by atoms with Crippen LogP contribution in [0.5, 0.6) is 0 Å². The van der Waals surface area contributed by atoms with Gasteiger partial charge < -0.3 is 20.9 Å². The van der Waals surface area contributed by atoms with E-state index in [0.717, 1.165) is 49.6 Å². The highest BCUT2D eigenvalue weighted by Gasteiger charge is 2.21. The first-order valence-corrected chi connectivity index (χ1v) is 9.04. The Bertz CT molecular complexity index is 807.